The van der Waals surface area contributed by atoms with Gasteiger partial charge in [0.2, 0.25) is 0 Å². The van der Waals surface area contributed by atoms with Crippen molar-refractivity contribution in [3.63, 3.8) is 0 Å². The Kier molecular flexibility index (Phi) is 2.64. The molecular formula is C14H8F4N2. The Hall–Kier alpha value is -2.24. The Labute approximate surface area is 111 Å². The molecule has 0 bridgehead atoms. The molecule has 6 heteroatoms. The van der Waals surface area contributed by atoms with Crippen molar-refractivity contribution in [2.45, 2.75) is 13.8 Å². The first-order chi connectivity index (χ1) is 9.40. The molecular weight excluding hydrogens is 272 g/mol. The van der Waals surface area contributed by atoms with Crippen molar-refractivity contribution in [2.24, 2.45) is 0 Å². The summed E-state index contributed by atoms with van der Waals surface area (Å²) in [5.41, 5.74) is -0.586. The van der Waals surface area contributed by atoms with Gasteiger partial charge in [0.05, 0.1) is 11.0 Å². The predicted octanol–water partition coefficient (Wildman–Crippen LogP) is 3.96. The topological polar surface area (TPSA) is 25.8 Å². The summed E-state index contributed by atoms with van der Waals surface area (Å²) in [7, 11) is 0. The second-order valence-corrected chi connectivity index (χ2v) is 4.60. The van der Waals surface area contributed by atoms with Crippen LogP contribution in [0.3, 0.4) is 0 Å². The summed E-state index contributed by atoms with van der Waals surface area (Å²) in [6, 6.07) is 2.49. The summed E-state index contributed by atoms with van der Waals surface area (Å²) in [4.78, 5) is 7.72. The molecule has 1 heterocycles. The summed E-state index contributed by atoms with van der Waals surface area (Å²) in [6.45, 7) is 2.71. The van der Waals surface area contributed by atoms with Crippen LogP contribution in [0, 0.1) is 37.1 Å². The number of benzene rings is 2. The van der Waals surface area contributed by atoms with Crippen molar-refractivity contribution in [1.29, 1.82) is 0 Å². The fourth-order valence-corrected chi connectivity index (χ4v) is 2.08. The van der Waals surface area contributed by atoms with Gasteiger partial charge in [-0.2, -0.15) is 0 Å². The lowest BCUT2D eigenvalue weighted by atomic mass is 10.1. The van der Waals surface area contributed by atoms with Crippen LogP contribution in [0.2, 0.25) is 0 Å². The van der Waals surface area contributed by atoms with Crippen molar-refractivity contribution in [2.75, 3.05) is 0 Å². The summed E-state index contributed by atoms with van der Waals surface area (Å²) < 4.78 is 54.7. The van der Waals surface area contributed by atoms with E-state index in [0.717, 1.165) is 0 Å². The quantitative estimate of drug-likeness (QED) is 0.460. The molecule has 2 nitrogen and oxygen atoms in total. The highest BCUT2D eigenvalue weighted by atomic mass is 19.2. The Bertz CT molecular complexity index is 801. The third-order valence-corrected chi connectivity index (χ3v) is 3.15. The van der Waals surface area contributed by atoms with Crippen LogP contribution in [-0.2, 0) is 0 Å². The van der Waals surface area contributed by atoms with E-state index in [2.05, 4.69) is 9.97 Å². The highest BCUT2D eigenvalue weighted by molar-refractivity contribution is 5.87. The molecule has 0 aliphatic heterocycles. The largest absolute Gasteiger partial charge is 0.241 e. The van der Waals surface area contributed by atoms with Crippen LogP contribution in [0.5, 0.6) is 0 Å². The number of nitrogens with zero attached hydrogens (tertiary/aromatic N) is 2. The van der Waals surface area contributed by atoms with Crippen LogP contribution in [0.4, 0.5) is 17.6 Å². The van der Waals surface area contributed by atoms with E-state index in [-0.39, 0.29) is 33.2 Å². The number of aryl methyl sites for hydroxylation is 2. The molecule has 0 aliphatic carbocycles. The van der Waals surface area contributed by atoms with Crippen LogP contribution >= 0.6 is 0 Å². The molecule has 0 N–H and O–H groups in total. The Balaban J connectivity index is 2.53. The average molecular weight is 280 g/mol. The standard InChI is InChI=1S/C14H8F4N2/c1-5-3-7-13(11(17)9(5)15)20-8-4-6(2)10(16)12(18)14(8)19-7/h3-4H,1-2H3. The van der Waals surface area contributed by atoms with Gasteiger partial charge in [-0.15, -0.1) is 0 Å². The van der Waals surface area contributed by atoms with Crippen LogP contribution in [-0.4, -0.2) is 9.97 Å². The van der Waals surface area contributed by atoms with Gasteiger partial charge < -0.3 is 0 Å². The van der Waals surface area contributed by atoms with Crippen molar-refractivity contribution in [3.05, 3.63) is 46.5 Å². The number of hydrogen-bond acceptors (Lipinski definition) is 2. The van der Waals surface area contributed by atoms with Crippen LogP contribution in [0.25, 0.3) is 22.1 Å². The fourth-order valence-electron chi connectivity index (χ4n) is 2.08. The lowest BCUT2D eigenvalue weighted by Gasteiger charge is -2.07. The minimum Gasteiger partial charge on any atom is -0.241 e. The second kappa shape index (κ2) is 4.13. The molecule has 0 amide bonds. The molecule has 0 aliphatic rings. The van der Waals surface area contributed by atoms with Crippen LogP contribution in [0.15, 0.2) is 12.1 Å². The smallest absolute Gasteiger partial charge is 0.186 e. The third kappa shape index (κ3) is 1.64. The highest BCUT2D eigenvalue weighted by Gasteiger charge is 2.18. The molecule has 0 saturated heterocycles. The zero-order chi connectivity index (χ0) is 14.6. The molecule has 3 aromatic rings. The first-order valence-electron chi connectivity index (χ1n) is 5.81. The highest BCUT2D eigenvalue weighted by Crippen LogP contribution is 2.26. The summed E-state index contributed by atoms with van der Waals surface area (Å²) >= 11 is 0. The maximum atomic E-state index is 13.8. The molecule has 0 fully saturated rings. The molecule has 1 aromatic heterocycles. The van der Waals surface area contributed by atoms with E-state index in [4.69, 9.17) is 0 Å². The van der Waals surface area contributed by atoms with Crippen molar-refractivity contribution >= 4 is 22.1 Å². The van der Waals surface area contributed by atoms with Crippen LogP contribution < -0.4 is 0 Å². The zero-order valence-corrected chi connectivity index (χ0v) is 10.6. The molecule has 0 atom stereocenters. The van der Waals surface area contributed by atoms with Crippen LogP contribution in [0.1, 0.15) is 11.1 Å². The molecule has 0 unspecified atom stereocenters. The van der Waals surface area contributed by atoms with Gasteiger partial charge in [-0.1, -0.05) is 0 Å². The Morgan fingerprint density at radius 3 is 1.35 bits per heavy atom. The van der Waals surface area contributed by atoms with Crippen molar-refractivity contribution in [1.82, 2.24) is 9.97 Å². The number of halogens is 4. The second-order valence-electron chi connectivity index (χ2n) is 4.60. The van der Waals surface area contributed by atoms with E-state index in [1.807, 2.05) is 0 Å². The van der Waals surface area contributed by atoms with E-state index in [9.17, 15) is 17.6 Å². The minimum atomic E-state index is -1.14. The average Bonchev–Trinajstić information content (AvgIpc) is 2.42. The number of fused-ring (bicyclic) bond motifs is 2. The van der Waals surface area contributed by atoms with E-state index < -0.39 is 23.3 Å². The summed E-state index contributed by atoms with van der Waals surface area (Å²) in [5.74, 6) is -4.33. The van der Waals surface area contributed by atoms with Gasteiger partial charge in [0.1, 0.15) is 11.0 Å². The van der Waals surface area contributed by atoms with E-state index >= 15 is 0 Å². The number of hydrogen-bond donors (Lipinski definition) is 0. The minimum absolute atomic E-state index is 0.0175. The van der Waals surface area contributed by atoms with Gasteiger partial charge in [-0.25, -0.2) is 27.5 Å². The van der Waals surface area contributed by atoms with Gasteiger partial charge in [-0.3, -0.25) is 0 Å². The molecule has 102 valence electrons. The fraction of sp³-hybridized carbons (Fsp3) is 0.143. The molecule has 20 heavy (non-hydrogen) atoms. The molecule has 3 rings (SSSR count). The monoisotopic (exact) mass is 280 g/mol. The normalized spacial score (nSPS) is 11.5. The Morgan fingerprint density at radius 2 is 1.00 bits per heavy atom. The third-order valence-electron chi connectivity index (χ3n) is 3.15. The number of rotatable bonds is 0. The zero-order valence-electron chi connectivity index (χ0n) is 10.6. The van der Waals surface area contributed by atoms with Gasteiger partial charge in [0, 0.05) is 0 Å². The molecule has 0 saturated carbocycles. The van der Waals surface area contributed by atoms with Crippen molar-refractivity contribution < 1.29 is 17.6 Å². The lowest BCUT2D eigenvalue weighted by Crippen LogP contribution is -2.00. The first kappa shape index (κ1) is 12.8. The maximum Gasteiger partial charge on any atom is 0.186 e. The predicted molar refractivity (Wildman–Crippen MR) is 66.4 cm³/mol. The molecule has 2 aromatic carbocycles. The SMILES string of the molecule is Cc1cc2nc3c(F)c(F)c(C)cc3nc2c(F)c1F. The molecule has 0 radical (unpaired) electrons. The van der Waals surface area contributed by atoms with E-state index in [1.54, 1.807) is 0 Å². The number of aromatic nitrogens is 2. The Morgan fingerprint density at radius 1 is 0.650 bits per heavy atom. The van der Waals surface area contributed by atoms with Gasteiger partial charge >= 0.3 is 0 Å². The summed E-state index contributed by atoms with van der Waals surface area (Å²) in [5, 5.41) is 0. The van der Waals surface area contributed by atoms with Crippen molar-refractivity contribution in [3.8, 4) is 0 Å². The summed E-state index contributed by atoms with van der Waals surface area (Å²) in [6.07, 6.45) is 0. The van der Waals surface area contributed by atoms with Gasteiger partial charge in [0.15, 0.2) is 23.3 Å². The van der Waals surface area contributed by atoms with Gasteiger partial charge in [0.25, 0.3) is 0 Å². The molecule has 0 spiro atoms. The first-order valence-corrected chi connectivity index (χ1v) is 5.81. The van der Waals surface area contributed by atoms with E-state index in [0.29, 0.717) is 0 Å². The van der Waals surface area contributed by atoms with Gasteiger partial charge in [-0.05, 0) is 37.1 Å². The van der Waals surface area contributed by atoms with E-state index in [1.165, 1.54) is 26.0 Å². The maximum absolute atomic E-state index is 13.8. The lowest BCUT2D eigenvalue weighted by molar-refractivity contribution is 0.507.